The molecule has 0 bridgehead atoms. The highest BCUT2D eigenvalue weighted by Gasteiger charge is 2.24. The van der Waals surface area contributed by atoms with Crippen molar-refractivity contribution in [2.24, 2.45) is 0 Å². The SMILES string of the molecule is COC(=O)c1coc(CNC2CCCCC2SC)c1. The minimum Gasteiger partial charge on any atom is -0.467 e. The molecule has 0 aliphatic heterocycles. The molecule has 106 valence electrons. The molecule has 1 aliphatic rings. The standard InChI is InChI=1S/C14H21NO3S/c1-17-14(16)10-7-11(18-9-10)8-15-12-5-3-4-6-13(12)19-2/h7,9,12-13,15H,3-6,8H2,1-2H3. The number of nitrogens with one attached hydrogen (secondary N) is 1. The maximum absolute atomic E-state index is 11.3. The molecule has 19 heavy (non-hydrogen) atoms. The van der Waals surface area contributed by atoms with Gasteiger partial charge in [0.15, 0.2) is 0 Å². The number of furan rings is 1. The monoisotopic (exact) mass is 283 g/mol. The van der Waals surface area contributed by atoms with Crippen molar-refractivity contribution in [1.82, 2.24) is 5.32 Å². The smallest absolute Gasteiger partial charge is 0.341 e. The van der Waals surface area contributed by atoms with Gasteiger partial charge in [-0.05, 0) is 25.2 Å². The molecule has 0 aromatic carbocycles. The predicted octanol–water partition coefficient (Wildman–Crippen LogP) is 2.83. The lowest BCUT2D eigenvalue weighted by atomic mass is 9.95. The van der Waals surface area contributed by atoms with Crippen LogP contribution in [0, 0.1) is 0 Å². The van der Waals surface area contributed by atoms with Crippen LogP contribution in [0.4, 0.5) is 0 Å². The highest BCUT2D eigenvalue weighted by Crippen LogP contribution is 2.27. The van der Waals surface area contributed by atoms with Crippen molar-refractivity contribution in [3.05, 3.63) is 23.7 Å². The van der Waals surface area contributed by atoms with Gasteiger partial charge in [0.1, 0.15) is 12.0 Å². The van der Waals surface area contributed by atoms with E-state index in [2.05, 4.69) is 16.3 Å². The van der Waals surface area contributed by atoms with Crippen LogP contribution in [0.25, 0.3) is 0 Å². The van der Waals surface area contributed by atoms with Crippen molar-refractivity contribution >= 4 is 17.7 Å². The molecule has 2 atom stereocenters. The van der Waals surface area contributed by atoms with Crippen LogP contribution >= 0.6 is 11.8 Å². The summed E-state index contributed by atoms with van der Waals surface area (Å²) in [5.41, 5.74) is 0.476. The molecular formula is C14H21NO3S. The van der Waals surface area contributed by atoms with Gasteiger partial charge in [0, 0.05) is 11.3 Å². The van der Waals surface area contributed by atoms with E-state index >= 15 is 0 Å². The Morgan fingerprint density at radius 3 is 3.05 bits per heavy atom. The molecule has 1 heterocycles. The Morgan fingerprint density at radius 2 is 2.32 bits per heavy atom. The lowest BCUT2D eigenvalue weighted by Gasteiger charge is -2.30. The molecule has 1 aromatic heterocycles. The summed E-state index contributed by atoms with van der Waals surface area (Å²) in [6.45, 7) is 0.665. The Hall–Kier alpha value is -0.940. The van der Waals surface area contributed by atoms with E-state index in [1.54, 1.807) is 6.07 Å². The number of esters is 1. The molecule has 0 radical (unpaired) electrons. The zero-order valence-corrected chi connectivity index (χ0v) is 12.3. The van der Waals surface area contributed by atoms with Gasteiger partial charge in [-0.25, -0.2) is 4.79 Å². The third-order valence-corrected chi connectivity index (χ3v) is 4.79. The molecule has 1 saturated carbocycles. The fraction of sp³-hybridized carbons (Fsp3) is 0.643. The number of hydrogen-bond donors (Lipinski definition) is 1. The summed E-state index contributed by atoms with van der Waals surface area (Å²) < 4.78 is 10.0. The molecule has 2 rings (SSSR count). The number of thioether (sulfide) groups is 1. The summed E-state index contributed by atoms with van der Waals surface area (Å²) in [5, 5.41) is 4.23. The van der Waals surface area contributed by atoms with E-state index in [4.69, 9.17) is 4.42 Å². The van der Waals surface area contributed by atoms with E-state index in [1.807, 2.05) is 11.8 Å². The Kier molecular flexibility index (Phi) is 5.34. The molecule has 1 aromatic rings. The quantitative estimate of drug-likeness (QED) is 0.842. The van der Waals surface area contributed by atoms with E-state index in [1.165, 1.54) is 39.1 Å². The third-order valence-electron chi connectivity index (χ3n) is 3.62. The van der Waals surface area contributed by atoms with E-state index < -0.39 is 0 Å². The first kappa shape index (κ1) is 14.5. The Bertz CT molecular complexity index is 419. The lowest BCUT2D eigenvalue weighted by molar-refractivity contribution is 0.0600. The first-order valence-electron chi connectivity index (χ1n) is 6.66. The molecule has 0 amide bonds. The Balaban J connectivity index is 1.87. The molecule has 5 heteroatoms. The maximum atomic E-state index is 11.3. The topological polar surface area (TPSA) is 51.5 Å². The average Bonchev–Trinajstić information content (AvgIpc) is 2.93. The van der Waals surface area contributed by atoms with Crippen molar-refractivity contribution in [3.63, 3.8) is 0 Å². The first-order chi connectivity index (χ1) is 9.24. The van der Waals surface area contributed by atoms with E-state index in [0.29, 0.717) is 23.4 Å². The molecule has 0 saturated heterocycles. The molecule has 1 fully saturated rings. The summed E-state index contributed by atoms with van der Waals surface area (Å²) in [5.74, 6) is 0.431. The maximum Gasteiger partial charge on any atom is 0.341 e. The average molecular weight is 283 g/mol. The summed E-state index contributed by atoms with van der Waals surface area (Å²) in [6, 6.07) is 2.28. The van der Waals surface area contributed by atoms with Crippen molar-refractivity contribution in [2.45, 2.75) is 43.5 Å². The fourth-order valence-electron chi connectivity index (χ4n) is 2.54. The van der Waals surface area contributed by atoms with E-state index in [0.717, 1.165) is 5.76 Å². The summed E-state index contributed by atoms with van der Waals surface area (Å²) >= 11 is 1.94. The minimum atomic E-state index is -0.352. The predicted molar refractivity (Wildman–Crippen MR) is 76.4 cm³/mol. The summed E-state index contributed by atoms with van der Waals surface area (Å²) in [6.07, 6.45) is 8.75. The van der Waals surface area contributed by atoms with E-state index in [9.17, 15) is 4.79 Å². The van der Waals surface area contributed by atoms with Crippen molar-refractivity contribution < 1.29 is 13.9 Å². The van der Waals surface area contributed by atoms with Gasteiger partial charge in [0.05, 0.1) is 19.2 Å². The van der Waals surface area contributed by atoms with Crippen LogP contribution in [0.1, 0.15) is 41.8 Å². The van der Waals surface area contributed by atoms with Crippen molar-refractivity contribution in [1.29, 1.82) is 0 Å². The second-order valence-electron chi connectivity index (χ2n) is 4.84. The van der Waals surface area contributed by atoms with Gasteiger partial charge in [-0.1, -0.05) is 12.8 Å². The molecule has 1 aliphatic carbocycles. The highest BCUT2D eigenvalue weighted by atomic mass is 32.2. The summed E-state index contributed by atoms with van der Waals surface area (Å²) in [4.78, 5) is 11.3. The summed E-state index contributed by atoms with van der Waals surface area (Å²) in [7, 11) is 1.37. The van der Waals surface area contributed by atoms with Gasteiger partial charge in [0.2, 0.25) is 0 Å². The van der Waals surface area contributed by atoms with Gasteiger partial charge in [0.25, 0.3) is 0 Å². The van der Waals surface area contributed by atoms with Crippen LogP contribution in [0.5, 0.6) is 0 Å². The number of carbonyl (C=O) groups is 1. The van der Waals surface area contributed by atoms with Gasteiger partial charge < -0.3 is 14.5 Å². The molecule has 2 unspecified atom stereocenters. The zero-order chi connectivity index (χ0) is 13.7. The van der Waals surface area contributed by atoms with Crippen LogP contribution in [0.3, 0.4) is 0 Å². The largest absolute Gasteiger partial charge is 0.467 e. The molecule has 4 nitrogen and oxygen atoms in total. The Morgan fingerprint density at radius 1 is 1.53 bits per heavy atom. The van der Waals surface area contributed by atoms with Gasteiger partial charge >= 0.3 is 5.97 Å². The molecule has 0 spiro atoms. The van der Waals surface area contributed by atoms with Crippen LogP contribution < -0.4 is 5.32 Å². The van der Waals surface area contributed by atoms with Gasteiger partial charge in [-0.15, -0.1) is 0 Å². The third kappa shape index (κ3) is 3.76. The Labute approximate surface area is 118 Å². The van der Waals surface area contributed by atoms with Crippen molar-refractivity contribution in [3.8, 4) is 0 Å². The number of methoxy groups -OCH3 is 1. The van der Waals surface area contributed by atoms with Crippen molar-refractivity contribution in [2.75, 3.05) is 13.4 Å². The second-order valence-corrected chi connectivity index (χ2v) is 5.92. The highest BCUT2D eigenvalue weighted by molar-refractivity contribution is 7.99. The molecular weight excluding hydrogens is 262 g/mol. The number of hydrogen-bond acceptors (Lipinski definition) is 5. The zero-order valence-electron chi connectivity index (χ0n) is 11.5. The van der Waals surface area contributed by atoms with E-state index in [-0.39, 0.29) is 5.97 Å². The second kappa shape index (κ2) is 7.01. The number of rotatable bonds is 5. The first-order valence-corrected chi connectivity index (χ1v) is 7.95. The van der Waals surface area contributed by atoms with Crippen LogP contribution in [0.2, 0.25) is 0 Å². The minimum absolute atomic E-state index is 0.352. The van der Waals surface area contributed by atoms with Crippen LogP contribution in [-0.2, 0) is 11.3 Å². The normalized spacial score (nSPS) is 23.3. The van der Waals surface area contributed by atoms with Crippen LogP contribution in [-0.4, -0.2) is 30.6 Å². The number of ether oxygens (including phenoxy) is 1. The van der Waals surface area contributed by atoms with Gasteiger partial charge in [-0.2, -0.15) is 11.8 Å². The lowest BCUT2D eigenvalue weighted by Crippen LogP contribution is -2.39. The number of carbonyl (C=O) groups excluding carboxylic acids is 1. The molecule has 1 N–H and O–H groups in total. The van der Waals surface area contributed by atoms with Gasteiger partial charge in [-0.3, -0.25) is 0 Å². The fourth-order valence-corrected chi connectivity index (χ4v) is 3.51. The van der Waals surface area contributed by atoms with Crippen LogP contribution in [0.15, 0.2) is 16.7 Å².